The van der Waals surface area contributed by atoms with Crippen LogP contribution in [0.4, 0.5) is 15.5 Å². The molecule has 104 valence electrons. The molecule has 1 aromatic heterocycles. The summed E-state index contributed by atoms with van der Waals surface area (Å²) in [6.07, 6.45) is 0. The van der Waals surface area contributed by atoms with Crippen molar-refractivity contribution in [1.29, 1.82) is 0 Å². The van der Waals surface area contributed by atoms with E-state index in [1.54, 1.807) is 5.38 Å². The van der Waals surface area contributed by atoms with Gasteiger partial charge in [0.05, 0.1) is 11.3 Å². The SMILES string of the molecule is Cc1ccc(Br)c(NC(=O)Nc2sccc2C(=O)O)c1. The van der Waals surface area contributed by atoms with E-state index in [4.69, 9.17) is 5.11 Å². The molecule has 2 amide bonds. The number of carbonyl (C=O) groups excluding carboxylic acids is 1. The van der Waals surface area contributed by atoms with Crippen molar-refractivity contribution in [1.82, 2.24) is 0 Å². The van der Waals surface area contributed by atoms with E-state index in [-0.39, 0.29) is 5.56 Å². The molecule has 0 aliphatic rings. The summed E-state index contributed by atoms with van der Waals surface area (Å²) < 4.78 is 0.753. The predicted octanol–water partition coefficient (Wildman–Crippen LogP) is 4.16. The summed E-state index contributed by atoms with van der Waals surface area (Å²) in [7, 11) is 0. The molecule has 1 heterocycles. The molecule has 0 unspecified atom stereocenters. The lowest BCUT2D eigenvalue weighted by atomic mass is 10.2. The number of benzene rings is 1. The van der Waals surface area contributed by atoms with Gasteiger partial charge in [0.2, 0.25) is 0 Å². The molecule has 5 nitrogen and oxygen atoms in total. The Morgan fingerprint density at radius 2 is 2.00 bits per heavy atom. The fraction of sp³-hybridized carbons (Fsp3) is 0.0769. The summed E-state index contributed by atoms with van der Waals surface area (Å²) in [5.41, 5.74) is 1.70. The van der Waals surface area contributed by atoms with Crippen LogP contribution in [0.3, 0.4) is 0 Å². The second-order valence-corrected chi connectivity index (χ2v) is 5.80. The number of thiophene rings is 1. The maximum Gasteiger partial charge on any atom is 0.338 e. The summed E-state index contributed by atoms with van der Waals surface area (Å²) in [4.78, 5) is 22.8. The molecular weight excluding hydrogens is 344 g/mol. The number of amides is 2. The number of anilines is 2. The van der Waals surface area contributed by atoms with Crippen molar-refractivity contribution in [2.45, 2.75) is 6.92 Å². The van der Waals surface area contributed by atoms with Crippen LogP contribution in [0.15, 0.2) is 34.1 Å². The molecule has 0 spiro atoms. The van der Waals surface area contributed by atoms with Crippen LogP contribution in [-0.4, -0.2) is 17.1 Å². The average molecular weight is 355 g/mol. The van der Waals surface area contributed by atoms with Crippen molar-refractivity contribution >= 4 is 50.0 Å². The molecule has 0 saturated heterocycles. The lowest BCUT2D eigenvalue weighted by molar-refractivity contribution is 0.0698. The Bertz CT molecular complexity index is 669. The first-order valence-electron chi connectivity index (χ1n) is 5.62. The number of aryl methyl sites for hydroxylation is 1. The smallest absolute Gasteiger partial charge is 0.338 e. The van der Waals surface area contributed by atoms with Crippen LogP contribution in [0.1, 0.15) is 15.9 Å². The number of halogens is 1. The Hall–Kier alpha value is -1.86. The molecule has 0 bridgehead atoms. The van der Waals surface area contributed by atoms with Crippen LogP contribution in [0.2, 0.25) is 0 Å². The van der Waals surface area contributed by atoms with Crippen molar-refractivity contribution in [3.05, 3.63) is 45.2 Å². The van der Waals surface area contributed by atoms with E-state index in [0.29, 0.717) is 10.7 Å². The van der Waals surface area contributed by atoms with Crippen LogP contribution in [0.5, 0.6) is 0 Å². The molecule has 0 saturated carbocycles. The molecule has 2 aromatic rings. The number of rotatable bonds is 3. The first kappa shape index (κ1) is 14.5. The van der Waals surface area contributed by atoms with Crippen molar-refractivity contribution in [3.63, 3.8) is 0 Å². The number of carboxylic acids is 1. The Labute approximate surface area is 127 Å². The van der Waals surface area contributed by atoms with Crippen molar-refractivity contribution in [2.75, 3.05) is 10.6 Å². The number of hydrogen-bond acceptors (Lipinski definition) is 3. The zero-order valence-electron chi connectivity index (χ0n) is 10.4. The van der Waals surface area contributed by atoms with Crippen molar-refractivity contribution in [2.24, 2.45) is 0 Å². The van der Waals surface area contributed by atoms with Gasteiger partial charge in [-0.05, 0) is 52.0 Å². The fourth-order valence-electron chi connectivity index (χ4n) is 1.57. The van der Waals surface area contributed by atoms with Crippen molar-refractivity contribution in [3.8, 4) is 0 Å². The van der Waals surface area contributed by atoms with E-state index in [9.17, 15) is 9.59 Å². The molecule has 2 rings (SSSR count). The second kappa shape index (κ2) is 6.06. The lowest BCUT2D eigenvalue weighted by Crippen LogP contribution is -2.20. The minimum atomic E-state index is -1.07. The Kier molecular flexibility index (Phi) is 4.41. The van der Waals surface area contributed by atoms with E-state index in [1.807, 2.05) is 25.1 Å². The molecule has 0 atom stereocenters. The average Bonchev–Trinajstić information content (AvgIpc) is 2.82. The monoisotopic (exact) mass is 354 g/mol. The molecule has 0 aliphatic heterocycles. The van der Waals surface area contributed by atoms with Gasteiger partial charge in [-0.15, -0.1) is 11.3 Å². The lowest BCUT2D eigenvalue weighted by Gasteiger charge is -2.09. The third kappa shape index (κ3) is 3.37. The van der Waals surface area contributed by atoms with Crippen LogP contribution in [0, 0.1) is 6.92 Å². The van der Waals surface area contributed by atoms with E-state index < -0.39 is 12.0 Å². The summed E-state index contributed by atoms with van der Waals surface area (Å²) in [5, 5.41) is 16.1. The third-order valence-corrected chi connectivity index (χ3v) is 4.01. The Morgan fingerprint density at radius 3 is 2.70 bits per heavy atom. The normalized spacial score (nSPS) is 10.1. The highest BCUT2D eigenvalue weighted by Gasteiger charge is 2.14. The number of nitrogens with one attached hydrogen (secondary N) is 2. The molecule has 3 N–H and O–H groups in total. The van der Waals surface area contributed by atoms with Gasteiger partial charge in [0.1, 0.15) is 5.00 Å². The van der Waals surface area contributed by atoms with Crippen LogP contribution >= 0.6 is 27.3 Å². The first-order chi connectivity index (χ1) is 9.47. The van der Waals surface area contributed by atoms with Gasteiger partial charge in [0.25, 0.3) is 0 Å². The van der Waals surface area contributed by atoms with Gasteiger partial charge in [-0.3, -0.25) is 5.32 Å². The zero-order chi connectivity index (χ0) is 14.7. The molecule has 1 aromatic carbocycles. The number of hydrogen-bond donors (Lipinski definition) is 3. The largest absolute Gasteiger partial charge is 0.478 e. The van der Waals surface area contributed by atoms with Gasteiger partial charge in [-0.1, -0.05) is 6.07 Å². The van der Waals surface area contributed by atoms with E-state index in [2.05, 4.69) is 26.6 Å². The van der Waals surface area contributed by atoms with Gasteiger partial charge >= 0.3 is 12.0 Å². The quantitative estimate of drug-likeness (QED) is 0.774. The topological polar surface area (TPSA) is 78.4 Å². The molecular formula is C13H11BrN2O3S. The summed E-state index contributed by atoms with van der Waals surface area (Å²) in [6, 6.07) is 6.52. The van der Waals surface area contributed by atoms with Crippen LogP contribution < -0.4 is 10.6 Å². The third-order valence-electron chi connectivity index (χ3n) is 2.49. The van der Waals surface area contributed by atoms with E-state index in [1.165, 1.54) is 6.07 Å². The highest BCUT2D eigenvalue weighted by molar-refractivity contribution is 9.10. The van der Waals surface area contributed by atoms with E-state index >= 15 is 0 Å². The summed E-state index contributed by atoms with van der Waals surface area (Å²) in [5.74, 6) is -1.07. The molecule has 0 fully saturated rings. The number of carbonyl (C=O) groups is 2. The van der Waals surface area contributed by atoms with Crippen LogP contribution in [0.25, 0.3) is 0 Å². The summed E-state index contributed by atoms with van der Waals surface area (Å²) >= 11 is 4.50. The second-order valence-electron chi connectivity index (χ2n) is 4.03. The first-order valence-corrected chi connectivity index (χ1v) is 7.29. The minimum absolute atomic E-state index is 0.0773. The molecule has 20 heavy (non-hydrogen) atoms. The fourth-order valence-corrected chi connectivity index (χ4v) is 2.69. The number of carboxylic acid groups (broad SMARTS) is 1. The highest BCUT2D eigenvalue weighted by atomic mass is 79.9. The van der Waals surface area contributed by atoms with Gasteiger partial charge in [0.15, 0.2) is 0 Å². The zero-order valence-corrected chi connectivity index (χ0v) is 12.8. The van der Waals surface area contributed by atoms with E-state index in [0.717, 1.165) is 21.4 Å². The van der Waals surface area contributed by atoms with Gasteiger partial charge in [0, 0.05) is 4.47 Å². The summed E-state index contributed by atoms with van der Waals surface area (Å²) in [6.45, 7) is 1.91. The molecule has 0 aliphatic carbocycles. The standard InChI is InChI=1S/C13H11BrN2O3S/c1-7-2-3-9(14)10(6-7)15-13(19)16-11-8(12(17)18)4-5-20-11/h2-6H,1H3,(H,17,18)(H2,15,16,19). The highest BCUT2D eigenvalue weighted by Crippen LogP contribution is 2.25. The molecule has 0 radical (unpaired) electrons. The Balaban J connectivity index is 2.11. The van der Waals surface area contributed by atoms with Gasteiger partial charge in [-0.2, -0.15) is 0 Å². The predicted molar refractivity (Wildman–Crippen MR) is 82.8 cm³/mol. The maximum absolute atomic E-state index is 11.9. The Morgan fingerprint density at radius 1 is 1.25 bits per heavy atom. The van der Waals surface area contributed by atoms with Gasteiger partial charge < -0.3 is 10.4 Å². The number of aromatic carboxylic acids is 1. The van der Waals surface area contributed by atoms with Crippen molar-refractivity contribution < 1.29 is 14.7 Å². The van der Waals surface area contributed by atoms with Gasteiger partial charge in [-0.25, -0.2) is 9.59 Å². The number of urea groups is 1. The minimum Gasteiger partial charge on any atom is -0.478 e. The maximum atomic E-state index is 11.9. The van der Waals surface area contributed by atoms with Crippen LogP contribution in [-0.2, 0) is 0 Å². The molecule has 7 heteroatoms.